The lowest BCUT2D eigenvalue weighted by Crippen LogP contribution is -2.30. The molecule has 0 fully saturated rings. The van der Waals surface area contributed by atoms with E-state index >= 15 is 0 Å². The molecule has 2 aromatic rings. The molecule has 0 unspecified atom stereocenters. The van der Waals surface area contributed by atoms with E-state index in [4.69, 9.17) is 4.42 Å². The maximum atomic E-state index is 12.1. The van der Waals surface area contributed by atoms with Crippen LogP contribution in [0.15, 0.2) is 21.3 Å². The molecule has 1 atom stereocenters. The van der Waals surface area contributed by atoms with E-state index in [-0.39, 0.29) is 17.2 Å². The number of amides is 1. The predicted molar refractivity (Wildman–Crippen MR) is 73.7 cm³/mol. The van der Waals surface area contributed by atoms with Crippen LogP contribution in [0.1, 0.15) is 55.0 Å². The fourth-order valence-electron chi connectivity index (χ4n) is 1.61. The van der Waals surface area contributed by atoms with Gasteiger partial charge >= 0.3 is 0 Å². The Morgan fingerprint density at radius 1 is 1.24 bits per heavy atom. The van der Waals surface area contributed by atoms with Crippen LogP contribution in [0.3, 0.4) is 0 Å². The second-order valence-electron chi connectivity index (χ2n) is 5.01. The van der Waals surface area contributed by atoms with Gasteiger partial charge < -0.3 is 9.73 Å². The maximum Gasteiger partial charge on any atom is 0.272 e. The second kappa shape index (κ2) is 5.86. The molecule has 0 aliphatic heterocycles. The number of hydrogen-bond donors (Lipinski definition) is 1. The van der Waals surface area contributed by atoms with Gasteiger partial charge in [-0.05, 0) is 13.0 Å². The first-order valence-corrected chi connectivity index (χ1v) is 6.57. The fraction of sp³-hybridized carbons (Fsp3) is 0.462. The topological polar surface area (TPSA) is 103 Å². The number of aromatic nitrogens is 4. The van der Waals surface area contributed by atoms with Gasteiger partial charge in [0.15, 0.2) is 0 Å². The first-order valence-electron chi connectivity index (χ1n) is 6.57. The van der Waals surface area contributed by atoms with Crippen LogP contribution in [-0.4, -0.2) is 25.9 Å². The molecule has 112 valence electrons. The van der Waals surface area contributed by atoms with Crippen molar-refractivity contribution in [3.05, 3.63) is 40.0 Å². The molecule has 0 spiro atoms. The van der Waals surface area contributed by atoms with Gasteiger partial charge in [-0.2, -0.15) is 5.10 Å². The van der Waals surface area contributed by atoms with Crippen LogP contribution < -0.4 is 10.9 Å². The number of rotatable bonds is 4. The minimum absolute atomic E-state index is 0.125. The number of nitrogens with zero attached hydrogens (tertiary/aromatic N) is 4. The zero-order valence-electron chi connectivity index (χ0n) is 12.3. The van der Waals surface area contributed by atoms with E-state index in [1.807, 2.05) is 13.8 Å². The van der Waals surface area contributed by atoms with Crippen molar-refractivity contribution in [2.75, 3.05) is 0 Å². The van der Waals surface area contributed by atoms with Crippen molar-refractivity contribution < 1.29 is 9.21 Å². The van der Waals surface area contributed by atoms with Crippen molar-refractivity contribution in [2.45, 2.75) is 32.7 Å². The highest BCUT2D eigenvalue weighted by molar-refractivity contribution is 5.92. The summed E-state index contributed by atoms with van der Waals surface area (Å²) in [4.78, 5) is 23.3. The average Bonchev–Trinajstić information content (AvgIpc) is 2.91. The molecule has 0 radical (unpaired) electrons. The van der Waals surface area contributed by atoms with E-state index in [9.17, 15) is 9.59 Å². The highest BCUT2D eigenvalue weighted by atomic mass is 16.4. The first-order chi connectivity index (χ1) is 9.88. The van der Waals surface area contributed by atoms with Gasteiger partial charge in [-0.1, -0.05) is 13.8 Å². The lowest BCUT2D eigenvalue weighted by molar-refractivity contribution is 0.0926. The SMILES string of the molecule is CC(C)c1nnc([C@H](C)NC(=O)c2ccc(=O)n(C)n2)o1. The Balaban J connectivity index is 2.10. The second-order valence-corrected chi connectivity index (χ2v) is 5.01. The zero-order valence-corrected chi connectivity index (χ0v) is 12.3. The quantitative estimate of drug-likeness (QED) is 0.892. The molecule has 0 saturated carbocycles. The molecule has 21 heavy (non-hydrogen) atoms. The Bertz CT molecular complexity index is 704. The number of nitrogens with one attached hydrogen (secondary N) is 1. The van der Waals surface area contributed by atoms with E-state index < -0.39 is 11.9 Å². The summed E-state index contributed by atoms with van der Waals surface area (Å²) >= 11 is 0. The van der Waals surface area contributed by atoms with Crippen LogP contribution >= 0.6 is 0 Å². The largest absolute Gasteiger partial charge is 0.423 e. The molecule has 0 bridgehead atoms. The number of carbonyl (C=O) groups excluding carboxylic acids is 1. The Hall–Kier alpha value is -2.51. The van der Waals surface area contributed by atoms with Crippen molar-refractivity contribution in [1.29, 1.82) is 0 Å². The number of hydrogen-bond acceptors (Lipinski definition) is 6. The lowest BCUT2D eigenvalue weighted by atomic mass is 10.2. The van der Waals surface area contributed by atoms with Crippen LogP contribution in [0, 0.1) is 0 Å². The molecule has 1 amide bonds. The van der Waals surface area contributed by atoms with Crippen LogP contribution in [0.2, 0.25) is 0 Å². The normalized spacial score (nSPS) is 12.4. The number of carbonyl (C=O) groups is 1. The van der Waals surface area contributed by atoms with Gasteiger partial charge in [-0.25, -0.2) is 4.68 Å². The molecule has 0 saturated heterocycles. The van der Waals surface area contributed by atoms with Gasteiger partial charge in [0.1, 0.15) is 11.7 Å². The van der Waals surface area contributed by atoms with Crippen molar-refractivity contribution >= 4 is 5.91 Å². The summed E-state index contributed by atoms with van der Waals surface area (Å²) in [6.07, 6.45) is 0. The van der Waals surface area contributed by atoms with Gasteiger partial charge in [-0.3, -0.25) is 9.59 Å². The summed E-state index contributed by atoms with van der Waals surface area (Å²) in [7, 11) is 1.48. The summed E-state index contributed by atoms with van der Waals surface area (Å²) in [5, 5.41) is 14.4. The van der Waals surface area contributed by atoms with E-state index in [1.54, 1.807) is 6.92 Å². The molecular formula is C13H17N5O3. The molecule has 0 aliphatic carbocycles. The fourth-order valence-corrected chi connectivity index (χ4v) is 1.61. The molecule has 8 nitrogen and oxygen atoms in total. The van der Waals surface area contributed by atoms with Gasteiger partial charge in [0.25, 0.3) is 11.5 Å². The third-order valence-corrected chi connectivity index (χ3v) is 2.86. The smallest absolute Gasteiger partial charge is 0.272 e. The van der Waals surface area contributed by atoms with Crippen molar-refractivity contribution in [3.63, 3.8) is 0 Å². The molecule has 0 aromatic carbocycles. The highest BCUT2D eigenvalue weighted by Crippen LogP contribution is 2.16. The van der Waals surface area contributed by atoms with Gasteiger partial charge in [0.05, 0.1) is 0 Å². The summed E-state index contributed by atoms with van der Waals surface area (Å²) in [6.45, 7) is 5.61. The average molecular weight is 291 g/mol. The Morgan fingerprint density at radius 2 is 1.90 bits per heavy atom. The molecule has 0 aliphatic rings. The third kappa shape index (κ3) is 3.33. The minimum atomic E-state index is -0.448. The summed E-state index contributed by atoms with van der Waals surface area (Å²) in [5.41, 5.74) is -0.134. The zero-order chi connectivity index (χ0) is 15.6. The van der Waals surface area contributed by atoms with Gasteiger partial charge in [0.2, 0.25) is 11.8 Å². The standard InChI is InChI=1S/C13H17N5O3/c1-7(2)12-15-16-13(21-12)8(3)14-11(20)9-5-6-10(19)18(4)17-9/h5-8H,1-4H3,(H,14,20)/t8-/m0/s1. The first kappa shape index (κ1) is 14.9. The predicted octanol–water partition coefficient (Wildman–Crippen LogP) is 0.778. The number of aryl methyl sites for hydroxylation is 1. The van der Waals surface area contributed by atoms with Crippen LogP contribution in [0.5, 0.6) is 0 Å². The Morgan fingerprint density at radius 3 is 2.48 bits per heavy atom. The lowest BCUT2D eigenvalue weighted by Gasteiger charge is -2.09. The van der Waals surface area contributed by atoms with Crippen LogP contribution in [0.4, 0.5) is 0 Å². The summed E-state index contributed by atoms with van der Waals surface area (Å²) < 4.78 is 6.57. The highest BCUT2D eigenvalue weighted by Gasteiger charge is 2.19. The summed E-state index contributed by atoms with van der Waals surface area (Å²) in [5.74, 6) is 0.560. The van der Waals surface area contributed by atoms with Crippen LogP contribution in [-0.2, 0) is 7.05 Å². The maximum absolute atomic E-state index is 12.1. The van der Waals surface area contributed by atoms with E-state index in [0.29, 0.717) is 11.8 Å². The van der Waals surface area contributed by atoms with Crippen molar-refractivity contribution in [3.8, 4) is 0 Å². The van der Waals surface area contributed by atoms with E-state index in [0.717, 1.165) is 4.68 Å². The van der Waals surface area contributed by atoms with Crippen LogP contribution in [0.25, 0.3) is 0 Å². The van der Waals surface area contributed by atoms with E-state index in [1.165, 1.54) is 19.2 Å². The van der Waals surface area contributed by atoms with Gasteiger partial charge in [0, 0.05) is 19.0 Å². The monoisotopic (exact) mass is 291 g/mol. The molecule has 2 heterocycles. The third-order valence-electron chi connectivity index (χ3n) is 2.86. The Kier molecular flexibility index (Phi) is 4.15. The summed E-state index contributed by atoms with van der Waals surface area (Å²) in [6, 6.07) is 2.21. The molecule has 8 heteroatoms. The molecular weight excluding hydrogens is 274 g/mol. The minimum Gasteiger partial charge on any atom is -0.423 e. The molecule has 2 aromatic heterocycles. The van der Waals surface area contributed by atoms with E-state index in [2.05, 4.69) is 20.6 Å². The van der Waals surface area contributed by atoms with Gasteiger partial charge in [-0.15, -0.1) is 10.2 Å². The molecule has 2 rings (SSSR count). The van der Waals surface area contributed by atoms with Crippen molar-refractivity contribution in [1.82, 2.24) is 25.3 Å². The Labute approximate surface area is 121 Å². The molecule has 1 N–H and O–H groups in total. The van der Waals surface area contributed by atoms with Crippen molar-refractivity contribution in [2.24, 2.45) is 7.05 Å².